The van der Waals surface area contributed by atoms with Crippen LogP contribution in [0.3, 0.4) is 0 Å². The van der Waals surface area contributed by atoms with E-state index in [4.69, 9.17) is 4.42 Å². The maximum atomic E-state index is 13.9. The molecule has 3 aromatic rings. The standard InChI is InChI=1S/C23H16BrF2NO4/c1-11-9-13(4-6-15(11)24)21(28)19-20(18-8-3-12(2)31-18)27(23(30)22(19)29)14-5-7-16(25)17(26)10-14/h3-10,20,28H,1-2H3/b21-19-. The largest absolute Gasteiger partial charge is 0.507 e. The number of furan rings is 1. The van der Waals surface area contributed by atoms with E-state index in [1.807, 2.05) is 6.92 Å². The maximum Gasteiger partial charge on any atom is 0.300 e. The number of anilines is 1. The van der Waals surface area contributed by atoms with E-state index in [0.29, 0.717) is 11.3 Å². The van der Waals surface area contributed by atoms with E-state index < -0.39 is 35.1 Å². The quantitative estimate of drug-likeness (QED) is 0.298. The van der Waals surface area contributed by atoms with Gasteiger partial charge in [0.15, 0.2) is 11.6 Å². The summed E-state index contributed by atoms with van der Waals surface area (Å²) >= 11 is 3.38. The summed E-state index contributed by atoms with van der Waals surface area (Å²) < 4.78 is 33.8. The van der Waals surface area contributed by atoms with Crippen LogP contribution in [0.1, 0.15) is 28.7 Å². The predicted molar refractivity (Wildman–Crippen MR) is 113 cm³/mol. The number of carbonyl (C=O) groups excluding carboxylic acids is 2. The maximum absolute atomic E-state index is 13.9. The molecule has 1 N–H and O–H groups in total. The highest BCUT2D eigenvalue weighted by molar-refractivity contribution is 9.10. The number of hydrogen-bond donors (Lipinski definition) is 1. The molecule has 0 spiro atoms. The molecule has 0 aliphatic carbocycles. The average Bonchev–Trinajstić information content (AvgIpc) is 3.27. The topological polar surface area (TPSA) is 70.8 Å². The number of aliphatic hydroxyl groups excluding tert-OH is 1. The fourth-order valence-corrected chi connectivity index (χ4v) is 3.80. The van der Waals surface area contributed by atoms with Crippen molar-refractivity contribution in [3.63, 3.8) is 0 Å². The number of rotatable bonds is 3. The first-order chi connectivity index (χ1) is 14.7. The third kappa shape index (κ3) is 3.57. The van der Waals surface area contributed by atoms with Crippen molar-refractivity contribution in [3.05, 3.63) is 92.9 Å². The number of halogens is 3. The number of Topliss-reactive ketones (excluding diaryl/α,β-unsaturated/α-hetero) is 1. The van der Waals surface area contributed by atoms with Crippen LogP contribution in [0.5, 0.6) is 0 Å². The molecule has 1 amide bonds. The molecular formula is C23H16BrF2NO4. The number of benzene rings is 2. The molecule has 2 heterocycles. The Kier molecular flexibility index (Phi) is 5.26. The molecule has 4 rings (SSSR count). The lowest BCUT2D eigenvalue weighted by atomic mass is 9.98. The Hall–Kier alpha value is -3.26. The second kappa shape index (κ2) is 7.77. The van der Waals surface area contributed by atoms with Crippen LogP contribution in [0.2, 0.25) is 0 Å². The second-order valence-electron chi connectivity index (χ2n) is 7.18. The number of hydrogen-bond acceptors (Lipinski definition) is 4. The van der Waals surface area contributed by atoms with E-state index in [1.165, 1.54) is 6.07 Å². The minimum Gasteiger partial charge on any atom is -0.507 e. The van der Waals surface area contributed by atoms with Crippen LogP contribution in [0.15, 0.2) is 63.0 Å². The van der Waals surface area contributed by atoms with Crippen molar-refractivity contribution in [1.29, 1.82) is 0 Å². The minimum absolute atomic E-state index is 0.0360. The molecule has 2 aromatic carbocycles. The lowest BCUT2D eigenvalue weighted by Gasteiger charge is -2.23. The Balaban J connectivity index is 1.95. The van der Waals surface area contributed by atoms with E-state index in [9.17, 15) is 23.5 Å². The first kappa shape index (κ1) is 21.0. The van der Waals surface area contributed by atoms with E-state index >= 15 is 0 Å². The molecule has 8 heteroatoms. The predicted octanol–water partition coefficient (Wildman–Crippen LogP) is 5.56. The van der Waals surface area contributed by atoms with Crippen LogP contribution in [0.25, 0.3) is 5.76 Å². The molecule has 1 aliphatic rings. The summed E-state index contributed by atoms with van der Waals surface area (Å²) in [6.07, 6.45) is 0. The van der Waals surface area contributed by atoms with Crippen molar-refractivity contribution >= 4 is 39.1 Å². The van der Waals surface area contributed by atoms with Crippen molar-refractivity contribution in [2.45, 2.75) is 19.9 Å². The fourth-order valence-electron chi connectivity index (χ4n) is 3.55. The third-order valence-corrected chi connectivity index (χ3v) is 5.98. The molecule has 5 nitrogen and oxygen atoms in total. The van der Waals surface area contributed by atoms with Gasteiger partial charge in [-0.1, -0.05) is 22.0 Å². The zero-order chi connectivity index (χ0) is 22.4. The monoisotopic (exact) mass is 487 g/mol. The van der Waals surface area contributed by atoms with Gasteiger partial charge in [-0.3, -0.25) is 14.5 Å². The Morgan fingerprint density at radius 3 is 2.39 bits per heavy atom. The van der Waals surface area contributed by atoms with E-state index in [-0.39, 0.29) is 17.0 Å². The summed E-state index contributed by atoms with van der Waals surface area (Å²) in [5, 5.41) is 11.0. The van der Waals surface area contributed by atoms with Gasteiger partial charge in [0.2, 0.25) is 0 Å². The number of nitrogens with zero attached hydrogens (tertiary/aromatic N) is 1. The van der Waals surface area contributed by atoms with E-state index in [0.717, 1.165) is 27.1 Å². The normalized spacial score (nSPS) is 18.1. The van der Waals surface area contributed by atoms with Crippen LogP contribution in [0.4, 0.5) is 14.5 Å². The molecule has 1 aromatic heterocycles. The van der Waals surface area contributed by atoms with Crippen molar-refractivity contribution in [2.75, 3.05) is 4.90 Å². The number of ketones is 1. The molecular weight excluding hydrogens is 472 g/mol. The summed E-state index contributed by atoms with van der Waals surface area (Å²) in [7, 11) is 0. The third-order valence-electron chi connectivity index (χ3n) is 5.09. The van der Waals surface area contributed by atoms with Gasteiger partial charge in [-0.05, 0) is 55.8 Å². The zero-order valence-electron chi connectivity index (χ0n) is 16.4. The van der Waals surface area contributed by atoms with Crippen LogP contribution < -0.4 is 4.90 Å². The summed E-state index contributed by atoms with van der Waals surface area (Å²) in [5.41, 5.74) is 0.901. The number of aliphatic hydroxyl groups is 1. The Labute approximate surface area is 184 Å². The van der Waals surface area contributed by atoms with Gasteiger partial charge in [0.05, 0.1) is 5.57 Å². The molecule has 1 atom stereocenters. The van der Waals surface area contributed by atoms with Crippen molar-refractivity contribution < 1.29 is 27.9 Å². The van der Waals surface area contributed by atoms with Gasteiger partial charge in [0.25, 0.3) is 11.7 Å². The molecule has 1 saturated heterocycles. The highest BCUT2D eigenvalue weighted by Crippen LogP contribution is 2.43. The molecule has 0 radical (unpaired) electrons. The average molecular weight is 488 g/mol. The number of aryl methyl sites for hydroxylation is 2. The summed E-state index contributed by atoms with van der Waals surface area (Å²) in [6, 6.07) is 9.92. The smallest absolute Gasteiger partial charge is 0.300 e. The Morgan fingerprint density at radius 1 is 1.03 bits per heavy atom. The summed E-state index contributed by atoms with van der Waals surface area (Å²) in [6.45, 7) is 3.50. The van der Waals surface area contributed by atoms with Gasteiger partial charge >= 0.3 is 0 Å². The number of amides is 1. The second-order valence-corrected chi connectivity index (χ2v) is 8.03. The van der Waals surface area contributed by atoms with Crippen molar-refractivity contribution in [1.82, 2.24) is 0 Å². The van der Waals surface area contributed by atoms with Gasteiger partial charge in [-0.15, -0.1) is 0 Å². The highest BCUT2D eigenvalue weighted by atomic mass is 79.9. The van der Waals surface area contributed by atoms with E-state index in [1.54, 1.807) is 37.3 Å². The van der Waals surface area contributed by atoms with Gasteiger partial charge in [-0.2, -0.15) is 0 Å². The van der Waals surface area contributed by atoms with Gasteiger partial charge in [0, 0.05) is 21.8 Å². The van der Waals surface area contributed by atoms with Gasteiger partial charge in [0.1, 0.15) is 23.3 Å². The molecule has 0 saturated carbocycles. The first-order valence-electron chi connectivity index (χ1n) is 9.28. The summed E-state index contributed by atoms with van der Waals surface area (Å²) in [4.78, 5) is 26.9. The molecule has 1 unspecified atom stereocenters. The molecule has 1 aliphatic heterocycles. The van der Waals surface area contributed by atoms with Gasteiger partial charge in [-0.25, -0.2) is 8.78 Å². The Bertz CT molecular complexity index is 1260. The lowest BCUT2D eigenvalue weighted by Crippen LogP contribution is -2.29. The SMILES string of the molecule is Cc1ccc(C2/C(=C(/O)c3ccc(Br)c(C)c3)C(=O)C(=O)N2c2ccc(F)c(F)c2)o1. The molecule has 31 heavy (non-hydrogen) atoms. The van der Waals surface area contributed by atoms with Gasteiger partial charge < -0.3 is 9.52 Å². The van der Waals surface area contributed by atoms with E-state index in [2.05, 4.69) is 15.9 Å². The summed E-state index contributed by atoms with van der Waals surface area (Å²) in [5.74, 6) is -3.86. The minimum atomic E-state index is -1.17. The van der Waals surface area contributed by atoms with Crippen molar-refractivity contribution in [3.8, 4) is 0 Å². The van der Waals surface area contributed by atoms with Crippen LogP contribution in [-0.4, -0.2) is 16.8 Å². The van der Waals surface area contributed by atoms with Crippen LogP contribution >= 0.6 is 15.9 Å². The molecule has 1 fully saturated rings. The highest BCUT2D eigenvalue weighted by Gasteiger charge is 2.48. The number of carbonyl (C=O) groups is 2. The molecule has 0 bridgehead atoms. The first-order valence-corrected chi connectivity index (χ1v) is 10.1. The Morgan fingerprint density at radius 2 is 1.77 bits per heavy atom. The van der Waals surface area contributed by atoms with Crippen molar-refractivity contribution in [2.24, 2.45) is 0 Å². The zero-order valence-corrected chi connectivity index (χ0v) is 18.0. The van der Waals surface area contributed by atoms with Crippen LogP contribution in [0, 0.1) is 25.5 Å². The van der Waals surface area contributed by atoms with Crippen LogP contribution in [-0.2, 0) is 9.59 Å². The molecule has 158 valence electrons. The fraction of sp³-hybridized carbons (Fsp3) is 0.130. The lowest BCUT2D eigenvalue weighted by molar-refractivity contribution is -0.132.